The molecular weight excluding hydrogens is 134 g/mol. The van der Waals surface area contributed by atoms with E-state index in [0.717, 1.165) is 12.0 Å². The Morgan fingerprint density at radius 1 is 1.00 bits per heavy atom. The first-order valence-electron chi connectivity index (χ1n) is 5.06. The Labute approximate surface area is 70.8 Å². The van der Waals surface area contributed by atoms with Crippen molar-refractivity contribution in [1.82, 2.24) is 4.90 Å². The molecule has 0 aromatic rings. The lowest BCUT2D eigenvalue weighted by Gasteiger charge is -2.43. The molecule has 2 bridgehead atoms. The van der Waals surface area contributed by atoms with Crippen LogP contribution in [0.2, 0.25) is 0 Å². The lowest BCUT2D eigenvalue weighted by atomic mass is 9.80. The van der Waals surface area contributed by atoms with Crippen molar-refractivity contribution >= 4 is 0 Å². The predicted octanol–water partition coefficient (Wildman–Crippen LogP) is 2.52. The lowest BCUT2D eigenvalue weighted by Crippen LogP contribution is -2.45. The molecule has 3 aliphatic rings. The van der Waals surface area contributed by atoms with E-state index >= 15 is 0 Å². The zero-order valence-electron chi connectivity index (χ0n) is 8.14. The number of rotatable bonds is 0. The first-order valence-corrected chi connectivity index (χ1v) is 5.06. The van der Waals surface area contributed by atoms with E-state index in [1.807, 2.05) is 13.8 Å². The molecule has 2 aliphatic heterocycles. The smallest absolute Gasteiger partial charge is 0.00925 e. The molecule has 2 saturated heterocycles. The summed E-state index contributed by atoms with van der Waals surface area (Å²) in [5.41, 5.74) is 0. The van der Waals surface area contributed by atoms with E-state index in [2.05, 4.69) is 11.9 Å². The van der Waals surface area contributed by atoms with Crippen LogP contribution in [0, 0.1) is 5.92 Å². The van der Waals surface area contributed by atoms with Crippen LogP contribution in [0.1, 0.15) is 39.5 Å². The van der Waals surface area contributed by atoms with Gasteiger partial charge in [-0.2, -0.15) is 0 Å². The quantitative estimate of drug-likeness (QED) is 0.519. The molecule has 11 heavy (non-hydrogen) atoms. The summed E-state index contributed by atoms with van der Waals surface area (Å²) >= 11 is 0. The summed E-state index contributed by atoms with van der Waals surface area (Å²) < 4.78 is 0. The summed E-state index contributed by atoms with van der Waals surface area (Å²) in [5.74, 6) is 1.06. The molecule has 3 rings (SSSR count). The first-order chi connectivity index (χ1) is 5.36. The Kier molecular flexibility index (Phi) is 3.38. The van der Waals surface area contributed by atoms with E-state index in [1.165, 1.54) is 32.2 Å². The minimum Gasteiger partial charge on any atom is -0.303 e. The van der Waals surface area contributed by atoms with Gasteiger partial charge in [-0.15, -0.1) is 0 Å². The fraction of sp³-hybridized carbons (Fsp3) is 1.00. The topological polar surface area (TPSA) is 3.24 Å². The minimum atomic E-state index is 0.954. The molecule has 1 nitrogen and oxygen atoms in total. The monoisotopic (exact) mass is 155 g/mol. The molecule has 0 atom stereocenters. The van der Waals surface area contributed by atoms with Crippen LogP contribution in [0.5, 0.6) is 0 Å². The van der Waals surface area contributed by atoms with Gasteiger partial charge >= 0.3 is 0 Å². The highest BCUT2D eigenvalue weighted by Gasteiger charge is 2.30. The second-order valence-electron chi connectivity index (χ2n) is 3.61. The summed E-state index contributed by atoms with van der Waals surface area (Å²) in [4.78, 5) is 2.54. The van der Waals surface area contributed by atoms with E-state index in [4.69, 9.17) is 0 Å². The van der Waals surface area contributed by atoms with Crippen LogP contribution in [0.3, 0.4) is 0 Å². The largest absolute Gasteiger partial charge is 0.303 e. The molecule has 1 heteroatoms. The van der Waals surface area contributed by atoms with Gasteiger partial charge in [-0.3, -0.25) is 0 Å². The number of hydrogen-bond donors (Lipinski definition) is 0. The standard InChI is InChI=1S/C8H15N.C2H6/c1-9-6-7-2-4-8(9)5-3-7;1-2/h7-8H,2-6H2,1H3;1-2H3. The maximum absolute atomic E-state index is 2.54. The zero-order chi connectivity index (χ0) is 8.27. The Bertz CT molecular complexity index is 103. The van der Waals surface area contributed by atoms with Crippen LogP contribution in [-0.2, 0) is 0 Å². The Morgan fingerprint density at radius 2 is 1.55 bits per heavy atom. The zero-order valence-corrected chi connectivity index (χ0v) is 8.14. The molecule has 0 N–H and O–H groups in total. The van der Waals surface area contributed by atoms with Gasteiger partial charge in [-0.05, 0) is 38.6 Å². The summed E-state index contributed by atoms with van der Waals surface area (Å²) in [6.45, 7) is 5.38. The van der Waals surface area contributed by atoms with Crippen molar-refractivity contribution in [3.05, 3.63) is 0 Å². The van der Waals surface area contributed by atoms with E-state index in [0.29, 0.717) is 0 Å². The molecule has 0 spiro atoms. The van der Waals surface area contributed by atoms with Crippen LogP contribution in [0.4, 0.5) is 0 Å². The molecular formula is C10H21N. The van der Waals surface area contributed by atoms with Crippen LogP contribution >= 0.6 is 0 Å². The van der Waals surface area contributed by atoms with Gasteiger partial charge in [0.15, 0.2) is 0 Å². The second kappa shape index (κ2) is 4.10. The van der Waals surface area contributed by atoms with Crippen molar-refractivity contribution < 1.29 is 0 Å². The Balaban J connectivity index is 0.000000281. The third-order valence-electron chi connectivity index (χ3n) is 2.99. The average molecular weight is 155 g/mol. The van der Waals surface area contributed by atoms with Crippen molar-refractivity contribution in [3.63, 3.8) is 0 Å². The van der Waals surface area contributed by atoms with Crippen molar-refractivity contribution in [2.45, 2.75) is 45.6 Å². The van der Waals surface area contributed by atoms with Crippen molar-refractivity contribution in [2.24, 2.45) is 5.92 Å². The summed E-state index contributed by atoms with van der Waals surface area (Å²) in [7, 11) is 2.27. The van der Waals surface area contributed by atoms with Gasteiger partial charge in [-0.1, -0.05) is 13.8 Å². The molecule has 0 radical (unpaired) electrons. The van der Waals surface area contributed by atoms with Gasteiger partial charge in [0, 0.05) is 12.6 Å². The molecule has 1 aliphatic carbocycles. The van der Waals surface area contributed by atoms with Gasteiger partial charge < -0.3 is 4.90 Å². The van der Waals surface area contributed by atoms with Gasteiger partial charge in [0.1, 0.15) is 0 Å². The van der Waals surface area contributed by atoms with Gasteiger partial charge in [0.25, 0.3) is 0 Å². The highest BCUT2D eigenvalue weighted by molar-refractivity contribution is 4.85. The first kappa shape index (κ1) is 9.05. The molecule has 0 unspecified atom stereocenters. The minimum absolute atomic E-state index is 0.954. The van der Waals surface area contributed by atoms with Gasteiger partial charge in [0.05, 0.1) is 0 Å². The van der Waals surface area contributed by atoms with Crippen molar-refractivity contribution in [3.8, 4) is 0 Å². The lowest BCUT2D eigenvalue weighted by molar-refractivity contribution is 0.0727. The Morgan fingerprint density at radius 3 is 1.73 bits per heavy atom. The Hall–Kier alpha value is -0.0400. The van der Waals surface area contributed by atoms with Crippen LogP contribution in [-0.4, -0.2) is 24.5 Å². The fourth-order valence-corrected chi connectivity index (χ4v) is 2.32. The molecule has 1 saturated carbocycles. The van der Waals surface area contributed by atoms with Gasteiger partial charge in [-0.25, -0.2) is 0 Å². The number of nitrogens with zero attached hydrogens (tertiary/aromatic N) is 1. The van der Waals surface area contributed by atoms with Gasteiger partial charge in [0.2, 0.25) is 0 Å². The molecule has 3 fully saturated rings. The predicted molar refractivity (Wildman–Crippen MR) is 49.7 cm³/mol. The highest BCUT2D eigenvalue weighted by Crippen LogP contribution is 2.33. The highest BCUT2D eigenvalue weighted by atomic mass is 15.1. The van der Waals surface area contributed by atoms with E-state index < -0.39 is 0 Å². The average Bonchev–Trinajstić information content (AvgIpc) is 2.10. The molecule has 66 valence electrons. The summed E-state index contributed by atoms with van der Waals surface area (Å²) in [6, 6.07) is 0.954. The normalized spacial score (nSPS) is 36.3. The fourth-order valence-electron chi connectivity index (χ4n) is 2.32. The third kappa shape index (κ3) is 1.96. The molecule has 2 heterocycles. The third-order valence-corrected chi connectivity index (χ3v) is 2.99. The SMILES string of the molecule is CC.CN1CC2CCC1CC2. The van der Waals surface area contributed by atoms with Crippen LogP contribution in [0.25, 0.3) is 0 Å². The van der Waals surface area contributed by atoms with E-state index in [1.54, 1.807) is 0 Å². The summed E-state index contributed by atoms with van der Waals surface area (Å²) in [5, 5.41) is 0. The number of fused-ring (bicyclic) bond motifs is 3. The van der Waals surface area contributed by atoms with E-state index in [-0.39, 0.29) is 0 Å². The van der Waals surface area contributed by atoms with Crippen LogP contribution in [0.15, 0.2) is 0 Å². The number of piperidine rings is 2. The van der Waals surface area contributed by atoms with E-state index in [9.17, 15) is 0 Å². The maximum Gasteiger partial charge on any atom is 0.00925 e. The van der Waals surface area contributed by atoms with Crippen molar-refractivity contribution in [1.29, 1.82) is 0 Å². The molecule has 0 amide bonds. The summed E-state index contributed by atoms with van der Waals surface area (Å²) in [6.07, 6.45) is 5.96. The second-order valence-corrected chi connectivity index (χ2v) is 3.61. The maximum atomic E-state index is 2.54. The number of hydrogen-bond acceptors (Lipinski definition) is 1. The van der Waals surface area contributed by atoms with Crippen LogP contribution < -0.4 is 0 Å². The van der Waals surface area contributed by atoms with Crippen molar-refractivity contribution in [2.75, 3.05) is 13.6 Å². The molecule has 0 aromatic heterocycles. The molecule has 0 aromatic carbocycles.